The molecule has 0 amide bonds. The van der Waals surface area contributed by atoms with E-state index >= 15 is 0 Å². The van der Waals surface area contributed by atoms with Crippen LogP contribution in [-0.4, -0.2) is 9.78 Å². The zero-order chi connectivity index (χ0) is 12.5. The van der Waals surface area contributed by atoms with Gasteiger partial charge in [0.2, 0.25) is 0 Å². The van der Waals surface area contributed by atoms with E-state index < -0.39 is 0 Å². The number of nitrogens with zero attached hydrogens (tertiary/aromatic N) is 2. The fraction of sp³-hybridized carbons (Fsp3) is 0. The van der Waals surface area contributed by atoms with E-state index in [1.165, 1.54) is 0 Å². The average molecular weight is 320 g/mol. The van der Waals surface area contributed by atoms with E-state index in [1.807, 2.05) is 47.8 Å². The predicted octanol–water partition coefficient (Wildman–Crippen LogP) is 3.95. The zero-order valence-corrected chi connectivity index (χ0v) is 11.8. The van der Waals surface area contributed by atoms with Gasteiger partial charge in [-0.3, -0.25) is 0 Å². The van der Waals surface area contributed by atoms with Crippen molar-refractivity contribution in [2.45, 2.75) is 0 Å². The number of nitrogen functional groups attached to an aromatic ring is 1. The molecule has 0 aliphatic heterocycles. The van der Waals surface area contributed by atoms with Crippen molar-refractivity contribution in [3.63, 3.8) is 0 Å². The van der Waals surface area contributed by atoms with Crippen molar-refractivity contribution < 1.29 is 0 Å². The number of anilines is 1. The summed E-state index contributed by atoms with van der Waals surface area (Å²) < 4.78 is 2.80. The highest BCUT2D eigenvalue weighted by Crippen LogP contribution is 2.33. The summed E-state index contributed by atoms with van der Waals surface area (Å²) >= 11 is 5.15. The van der Waals surface area contributed by atoms with Crippen molar-refractivity contribution in [1.82, 2.24) is 9.78 Å². The first-order valence-corrected chi connectivity index (χ1v) is 7.07. The first-order valence-electron chi connectivity index (χ1n) is 5.40. The molecule has 0 saturated heterocycles. The van der Waals surface area contributed by atoms with Gasteiger partial charge in [-0.1, -0.05) is 18.2 Å². The Bertz CT molecular complexity index is 673. The summed E-state index contributed by atoms with van der Waals surface area (Å²) in [6.07, 6.45) is 0. The van der Waals surface area contributed by atoms with Gasteiger partial charge in [0, 0.05) is 10.5 Å². The summed E-state index contributed by atoms with van der Waals surface area (Å²) in [6.45, 7) is 0. The Morgan fingerprint density at radius 1 is 1.17 bits per heavy atom. The molecule has 1 aromatic carbocycles. The van der Waals surface area contributed by atoms with Crippen LogP contribution < -0.4 is 5.73 Å². The third kappa shape index (κ3) is 1.95. The van der Waals surface area contributed by atoms with Gasteiger partial charge in [0.1, 0.15) is 11.5 Å². The number of hydrogen-bond acceptors (Lipinski definition) is 3. The molecule has 2 N–H and O–H groups in total. The average Bonchev–Trinajstić information content (AvgIpc) is 2.96. The summed E-state index contributed by atoms with van der Waals surface area (Å²) in [5.74, 6) is 0.636. The highest BCUT2D eigenvalue weighted by Gasteiger charge is 2.12. The maximum absolute atomic E-state index is 6.02. The number of benzene rings is 1. The topological polar surface area (TPSA) is 43.8 Å². The monoisotopic (exact) mass is 319 g/mol. The van der Waals surface area contributed by atoms with E-state index in [-0.39, 0.29) is 0 Å². The van der Waals surface area contributed by atoms with Crippen molar-refractivity contribution in [1.29, 1.82) is 0 Å². The minimum Gasteiger partial charge on any atom is -0.384 e. The maximum Gasteiger partial charge on any atom is 0.127 e. The number of nitrogens with two attached hydrogens (primary N) is 1. The number of hydrogen-bond donors (Lipinski definition) is 1. The van der Waals surface area contributed by atoms with Crippen LogP contribution in [0, 0.1) is 0 Å². The van der Waals surface area contributed by atoms with Crippen molar-refractivity contribution in [2.24, 2.45) is 0 Å². The van der Waals surface area contributed by atoms with Crippen LogP contribution in [-0.2, 0) is 0 Å². The quantitative estimate of drug-likeness (QED) is 0.777. The molecule has 0 aliphatic carbocycles. The molecule has 3 rings (SSSR count). The molecular weight excluding hydrogens is 310 g/mol. The van der Waals surface area contributed by atoms with Gasteiger partial charge in [0.25, 0.3) is 0 Å². The van der Waals surface area contributed by atoms with Crippen LogP contribution in [0.3, 0.4) is 0 Å². The molecule has 2 aromatic heterocycles. The Kier molecular flexibility index (Phi) is 2.93. The van der Waals surface area contributed by atoms with E-state index in [0.717, 1.165) is 20.7 Å². The van der Waals surface area contributed by atoms with Gasteiger partial charge in [0.05, 0.1) is 10.6 Å². The second-order valence-electron chi connectivity index (χ2n) is 3.80. The number of rotatable bonds is 2. The number of halogens is 1. The van der Waals surface area contributed by atoms with E-state index in [0.29, 0.717) is 5.82 Å². The van der Waals surface area contributed by atoms with Gasteiger partial charge < -0.3 is 5.73 Å². The molecule has 90 valence electrons. The fourth-order valence-corrected chi connectivity index (χ4v) is 3.29. The van der Waals surface area contributed by atoms with Crippen LogP contribution in [0.25, 0.3) is 16.3 Å². The van der Waals surface area contributed by atoms with Crippen molar-refractivity contribution in [3.8, 4) is 16.3 Å². The minimum atomic E-state index is 0.636. The molecule has 3 nitrogen and oxygen atoms in total. The molecule has 0 spiro atoms. The van der Waals surface area contributed by atoms with Crippen molar-refractivity contribution in [3.05, 3.63) is 52.3 Å². The Hall–Kier alpha value is -1.59. The summed E-state index contributed by atoms with van der Waals surface area (Å²) in [6, 6.07) is 13.8. The third-order valence-corrected chi connectivity index (χ3v) is 4.45. The normalized spacial score (nSPS) is 10.7. The first-order chi connectivity index (χ1) is 8.75. The van der Waals surface area contributed by atoms with Gasteiger partial charge in [-0.15, -0.1) is 11.3 Å². The summed E-state index contributed by atoms with van der Waals surface area (Å²) in [5.41, 5.74) is 7.87. The van der Waals surface area contributed by atoms with E-state index in [4.69, 9.17) is 5.73 Å². The van der Waals surface area contributed by atoms with Gasteiger partial charge >= 0.3 is 0 Å². The molecule has 2 heterocycles. The summed E-state index contributed by atoms with van der Waals surface area (Å²) in [7, 11) is 0. The SMILES string of the molecule is Nc1cc(-c2sccc2Br)nn1-c1ccccc1. The maximum atomic E-state index is 6.02. The molecule has 5 heteroatoms. The Labute approximate surface area is 117 Å². The molecule has 0 radical (unpaired) electrons. The van der Waals surface area contributed by atoms with Crippen LogP contribution in [0.2, 0.25) is 0 Å². The molecule has 0 saturated carbocycles. The Morgan fingerprint density at radius 2 is 1.94 bits per heavy atom. The van der Waals surface area contributed by atoms with Crippen LogP contribution in [0.15, 0.2) is 52.3 Å². The molecule has 0 aliphatic rings. The molecule has 3 aromatic rings. The molecular formula is C13H10BrN3S. The summed E-state index contributed by atoms with van der Waals surface area (Å²) in [5, 5.41) is 6.58. The van der Waals surface area contributed by atoms with Gasteiger partial charge in [0.15, 0.2) is 0 Å². The second kappa shape index (κ2) is 4.59. The van der Waals surface area contributed by atoms with Crippen LogP contribution in [0.4, 0.5) is 5.82 Å². The number of aromatic nitrogens is 2. The van der Waals surface area contributed by atoms with E-state index in [1.54, 1.807) is 16.0 Å². The van der Waals surface area contributed by atoms with Gasteiger partial charge in [-0.05, 0) is 39.5 Å². The lowest BCUT2D eigenvalue weighted by atomic mass is 10.3. The molecule has 0 unspecified atom stereocenters. The standard InChI is InChI=1S/C13H10BrN3S/c14-10-6-7-18-13(10)11-8-12(15)17(16-11)9-4-2-1-3-5-9/h1-8H,15H2. The number of para-hydroxylation sites is 1. The first kappa shape index (κ1) is 11.5. The lowest BCUT2D eigenvalue weighted by molar-refractivity contribution is 0.896. The zero-order valence-electron chi connectivity index (χ0n) is 9.38. The van der Waals surface area contributed by atoms with Crippen LogP contribution in [0.5, 0.6) is 0 Å². The summed E-state index contributed by atoms with van der Waals surface area (Å²) in [4.78, 5) is 1.09. The minimum absolute atomic E-state index is 0.636. The third-order valence-electron chi connectivity index (χ3n) is 2.59. The lowest BCUT2D eigenvalue weighted by Gasteiger charge is -2.02. The van der Waals surface area contributed by atoms with E-state index in [2.05, 4.69) is 21.0 Å². The largest absolute Gasteiger partial charge is 0.384 e. The van der Waals surface area contributed by atoms with Gasteiger partial charge in [-0.25, -0.2) is 4.68 Å². The van der Waals surface area contributed by atoms with E-state index in [9.17, 15) is 0 Å². The fourth-order valence-electron chi connectivity index (χ4n) is 1.76. The second-order valence-corrected chi connectivity index (χ2v) is 5.57. The predicted molar refractivity (Wildman–Crippen MR) is 79.0 cm³/mol. The molecule has 0 atom stereocenters. The van der Waals surface area contributed by atoms with Crippen LogP contribution in [0.1, 0.15) is 0 Å². The smallest absolute Gasteiger partial charge is 0.127 e. The van der Waals surface area contributed by atoms with Crippen molar-refractivity contribution >= 4 is 33.1 Å². The Morgan fingerprint density at radius 3 is 2.61 bits per heavy atom. The number of thiophene rings is 1. The molecule has 18 heavy (non-hydrogen) atoms. The Balaban J connectivity index is 2.10. The highest BCUT2D eigenvalue weighted by atomic mass is 79.9. The lowest BCUT2D eigenvalue weighted by Crippen LogP contribution is -2.00. The molecule has 0 bridgehead atoms. The molecule has 0 fully saturated rings. The van der Waals surface area contributed by atoms with Gasteiger partial charge in [-0.2, -0.15) is 5.10 Å². The van der Waals surface area contributed by atoms with Crippen LogP contribution >= 0.6 is 27.3 Å². The van der Waals surface area contributed by atoms with Crippen molar-refractivity contribution in [2.75, 3.05) is 5.73 Å². The highest BCUT2D eigenvalue weighted by molar-refractivity contribution is 9.10.